The molecule has 0 bridgehead atoms. The molecule has 0 fully saturated rings. The highest BCUT2D eigenvalue weighted by molar-refractivity contribution is 5.82. The molecule has 1 aliphatic heterocycles. The first-order chi connectivity index (χ1) is 12.1. The number of rotatable bonds is 6. The first kappa shape index (κ1) is 17.3. The van der Waals surface area contributed by atoms with Gasteiger partial charge in [-0.25, -0.2) is 0 Å². The second-order valence-corrected chi connectivity index (χ2v) is 6.72. The summed E-state index contributed by atoms with van der Waals surface area (Å²) in [4.78, 5) is 17.5. The summed E-state index contributed by atoms with van der Waals surface area (Å²) in [5.41, 5.74) is 3.99. The van der Waals surface area contributed by atoms with Gasteiger partial charge in [-0.2, -0.15) is 0 Å². The molecule has 0 spiro atoms. The Kier molecular flexibility index (Phi) is 5.26. The zero-order valence-corrected chi connectivity index (χ0v) is 14.8. The third kappa shape index (κ3) is 3.62. The second-order valence-electron chi connectivity index (χ2n) is 6.72. The molecule has 6 nitrogen and oxygen atoms in total. The number of hydrogen-bond acceptors (Lipinski definition) is 6. The van der Waals surface area contributed by atoms with E-state index in [0.717, 1.165) is 25.9 Å². The summed E-state index contributed by atoms with van der Waals surface area (Å²) in [5.74, 6) is 0.172. The molecule has 0 saturated carbocycles. The number of pyridine rings is 1. The van der Waals surface area contributed by atoms with Crippen LogP contribution in [0, 0.1) is 0 Å². The molecule has 2 N–H and O–H groups in total. The number of hydrogen-bond donors (Lipinski definition) is 2. The summed E-state index contributed by atoms with van der Waals surface area (Å²) in [5, 5.41) is 13.1. The van der Waals surface area contributed by atoms with Crippen LogP contribution in [0.3, 0.4) is 0 Å². The monoisotopic (exact) mass is 343 g/mol. The van der Waals surface area contributed by atoms with Crippen molar-refractivity contribution in [2.45, 2.75) is 45.6 Å². The highest BCUT2D eigenvalue weighted by Crippen LogP contribution is 2.34. The summed E-state index contributed by atoms with van der Waals surface area (Å²) < 4.78 is 5.86. The van der Waals surface area contributed by atoms with Crippen LogP contribution in [0.25, 0.3) is 0 Å². The Balaban J connectivity index is 1.83. The smallest absolute Gasteiger partial charge is 0.157 e. The number of allylic oxidation sites excluding steroid dienone is 1. The number of carbonyl (C=O) groups excluding carboxylic acids is 1. The van der Waals surface area contributed by atoms with Crippen LogP contribution in [0.5, 0.6) is 11.5 Å². The first-order valence-electron chi connectivity index (χ1n) is 8.78. The SMILES string of the molecule is CC(C)N1CNC=C1C1=C(COc2cncc(O)c2C=O)CCCC1. The van der Waals surface area contributed by atoms with Gasteiger partial charge in [0.1, 0.15) is 17.9 Å². The molecule has 0 amide bonds. The Morgan fingerprint density at radius 2 is 2.16 bits per heavy atom. The van der Waals surface area contributed by atoms with Gasteiger partial charge in [-0.15, -0.1) is 0 Å². The summed E-state index contributed by atoms with van der Waals surface area (Å²) in [6.45, 7) is 5.62. The largest absolute Gasteiger partial charge is 0.505 e. The number of nitrogens with one attached hydrogen (secondary N) is 1. The van der Waals surface area contributed by atoms with Crippen molar-refractivity contribution in [1.29, 1.82) is 0 Å². The molecule has 1 aromatic rings. The van der Waals surface area contributed by atoms with E-state index >= 15 is 0 Å². The van der Waals surface area contributed by atoms with Crippen molar-refractivity contribution in [3.05, 3.63) is 41.0 Å². The minimum atomic E-state index is -0.154. The van der Waals surface area contributed by atoms with E-state index in [1.165, 1.54) is 35.7 Å². The third-order valence-corrected chi connectivity index (χ3v) is 4.77. The maximum absolute atomic E-state index is 11.2. The minimum absolute atomic E-state index is 0.151. The molecule has 1 aliphatic carbocycles. The van der Waals surface area contributed by atoms with E-state index in [1.807, 2.05) is 0 Å². The van der Waals surface area contributed by atoms with E-state index in [-0.39, 0.29) is 11.3 Å². The summed E-state index contributed by atoms with van der Waals surface area (Å²) >= 11 is 0. The molecule has 0 aromatic carbocycles. The second kappa shape index (κ2) is 7.59. The fraction of sp³-hybridized carbons (Fsp3) is 0.474. The quantitative estimate of drug-likeness (QED) is 0.774. The van der Waals surface area contributed by atoms with Crippen LogP contribution in [0.1, 0.15) is 49.9 Å². The summed E-state index contributed by atoms with van der Waals surface area (Å²) in [6.07, 6.45) is 9.76. The van der Waals surface area contributed by atoms with Crippen molar-refractivity contribution in [2.24, 2.45) is 0 Å². The molecule has 134 valence electrons. The van der Waals surface area contributed by atoms with E-state index in [2.05, 4.69) is 35.2 Å². The predicted octanol–water partition coefficient (Wildman–Crippen LogP) is 2.96. The molecular weight excluding hydrogens is 318 g/mol. The van der Waals surface area contributed by atoms with Crippen molar-refractivity contribution < 1.29 is 14.6 Å². The van der Waals surface area contributed by atoms with Crippen LogP contribution in [0.2, 0.25) is 0 Å². The third-order valence-electron chi connectivity index (χ3n) is 4.77. The van der Waals surface area contributed by atoms with Gasteiger partial charge in [0.15, 0.2) is 12.0 Å². The van der Waals surface area contributed by atoms with E-state index in [0.29, 0.717) is 24.7 Å². The topological polar surface area (TPSA) is 74.7 Å². The molecule has 6 heteroatoms. The molecule has 0 saturated heterocycles. The predicted molar refractivity (Wildman–Crippen MR) is 95.3 cm³/mol. The zero-order valence-electron chi connectivity index (χ0n) is 14.8. The van der Waals surface area contributed by atoms with E-state index in [4.69, 9.17) is 4.74 Å². The van der Waals surface area contributed by atoms with Crippen molar-refractivity contribution in [1.82, 2.24) is 15.2 Å². The number of aldehydes is 1. The average molecular weight is 343 g/mol. The van der Waals surface area contributed by atoms with Crippen LogP contribution >= 0.6 is 0 Å². The maximum atomic E-state index is 11.2. The fourth-order valence-electron chi connectivity index (χ4n) is 3.41. The summed E-state index contributed by atoms with van der Waals surface area (Å²) in [7, 11) is 0. The number of ether oxygens (including phenoxy) is 1. The van der Waals surface area contributed by atoms with E-state index in [9.17, 15) is 9.90 Å². The highest BCUT2D eigenvalue weighted by Gasteiger charge is 2.25. The number of nitrogens with zero attached hydrogens (tertiary/aromatic N) is 2. The lowest BCUT2D eigenvalue weighted by Gasteiger charge is -2.30. The molecule has 1 aromatic heterocycles. The van der Waals surface area contributed by atoms with Gasteiger partial charge in [0.2, 0.25) is 0 Å². The zero-order chi connectivity index (χ0) is 17.8. The highest BCUT2D eigenvalue weighted by atomic mass is 16.5. The van der Waals surface area contributed by atoms with Crippen LogP contribution in [-0.2, 0) is 0 Å². The Morgan fingerprint density at radius 1 is 1.36 bits per heavy atom. The van der Waals surface area contributed by atoms with Crippen molar-refractivity contribution >= 4 is 6.29 Å². The number of aromatic hydroxyl groups is 1. The van der Waals surface area contributed by atoms with Gasteiger partial charge in [0.25, 0.3) is 0 Å². The molecule has 2 heterocycles. The van der Waals surface area contributed by atoms with Crippen LogP contribution in [-0.4, -0.2) is 40.6 Å². The minimum Gasteiger partial charge on any atom is -0.505 e. The van der Waals surface area contributed by atoms with Gasteiger partial charge in [0, 0.05) is 12.2 Å². The molecular formula is C19H25N3O3. The normalized spacial score (nSPS) is 17.6. The fourth-order valence-corrected chi connectivity index (χ4v) is 3.41. The van der Waals surface area contributed by atoms with Gasteiger partial charge in [-0.1, -0.05) is 0 Å². The summed E-state index contributed by atoms with van der Waals surface area (Å²) in [6, 6.07) is 0.426. The Hall–Kier alpha value is -2.50. The maximum Gasteiger partial charge on any atom is 0.157 e. The lowest BCUT2D eigenvalue weighted by atomic mass is 9.89. The Morgan fingerprint density at radius 3 is 2.92 bits per heavy atom. The molecule has 3 rings (SSSR count). The van der Waals surface area contributed by atoms with Crippen LogP contribution < -0.4 is 10.1 Å². The van der Waals surface area contributed by atoms with Crippen molar-refractivity contribution in [2.75, 3.05) is 13.3 Å². The van der Waals surface area contributed by atoms with Gasteiger partial charge in [0.05, 0.1) is 24.8 Å². The lowest BCUT2D eigenvalue weighted by Crippen LogP contribution is -2.31. The first-order valence-corrected chi connectivity index (χ1v) is 8.78. The van der Waals surface area contributed by atoms with Crippen LogP contribution in [0.4, 0.5) is 0 Å². The average Bonchev–Trinajstić information content (AvgIpc) is 3.10. The Bertz CT molecular complexity index is 710. The molecule has 2 aliphatic rings. The molecule has 0 unspecified atom stereocenters. The van der Waals surface area contributed by atoms with Gasteiger partial charge >= 0.3 is 0 Å². The molecule has 0 radical (unpaired) electrons. The van der Waals surface area contributed by atoms with Gasteiger partial charge in [-0.05, 0) is 50.7 Å². The van der Waals surface area contributed by atoms with Gasteiger partial charge < -0.3 is 20.1 Å². The van der Waals surface area contributed by atoms with E-state index < -0.39 is 0 Å². The van der Waals surface area contributed by atoms with Crippen LogP contribution in [0.15, 0.2) is 35.4 Å². The molecule has 25 heavy (non-hydrogen) atoms. The van der Waals surface area contributed by atoms with E-state index in [1.54, 1.807) is 0 Å². The Labute approximate surface area is 148 Å². The lowest BCUT2D eigenvalue weighted by molar-refractivity contribution is 0.111. The number of carbonyl (C=O) groups is 1. The standard InChI is InChI=1S/C19H25N3O3/c1-13(2)22-12-21-7-17(22)15-6-4-3-5-14(15)11-25-19-9-20-8-18(24)16(19)10-23/h7-10,13,21,24H,3-6,11-12H2,1-2H3. The molecule has 0 atom stereocenters. The number of aromatic nitrogens is 1. The van der Waals surface area contributed by atoms with Gasteiger partial charge in [-0.3, -0.25) is 9.78 Å². The van der Waals surface area contributed by atoms with Crippen molar-refractivity contribution in [3.8, 4) is 11.5 Å². The van der Waals surface area contributed by atoms with Crippen molar-refractivity contribution in [3.63, 3.8) is 0 Å².